The Bertz CT molecular complexity index is 1190. The number of ether oxygens (including phenoxy) is 1. The van der Waals surface area contributed by atoms with Crippen molar-refractivity contribution in [3.63, 3.8) is 0 Å². The van der Waals surface area contributed by atoms with Crippen molar-refractivity contribution in [2.75, 3.05) is 20.2 Å². The van der Waals surface area contributed by atoms with Gasteiger partial charge in [0, 0.05) is 41.7 Å². The number of methoxy groups -OCH3 is 1. The summed E-state index contributed by atoms with van der Waals surface area (Å²) in [5.74, 6) is -0.841. The average molecular weight is 460 g/mol. The number of hydrogen-bond donors (Lipinski definition) is 0. The largest absolute Gasteiger partial charge is 0.465 e. The topological polar surface area (TPSA) is 103 Å². The average Bonchev–Trinajstić information content (AvgIpc) is 3.21. The maximum atomic E-state index is 13.0. The van der Waals surface area contributed by atoms with E-state index in [1.165, 1.54) is 19.2 Å². The van der Waals surface area contributed by atoms with E-state index >= 15 is 0 Å². The van der Waals surface area contributed by atoms with Gasteiger partial charge in [-0.2, -0.15) is 0 Å². The zero-order valence-electron chi connectivity index (χ0n) is 16.5. The lowest BCUT2D eigenvalue weighted by Gasteiger charge is -2.31. The Morgan fingerprint density at radius 2 is 1.90 bits per heavy atom. The molecule has 31 heavy (non-hydrogen) atoms. The van der Waals surface area contributed by atoms with Gasteiger partial charge in [0.25, 0.3) is 11.6 Å². The molecule has 1 amide bonds. The highest BCUT2D eigenvalue weighted by Crippen LogP contribution is 2.35. The van der Waals surface area contributed by atoms with Crippen molar-refractivity contribution < 1.29 is 19.2 Å². The molecular weight excluding hydrogens is 442 g/mol. The number of esters is 1. The normalized spacial score (nSPS) is 14.6. The summed E-state index contributed by atoms with van der Waals surface area (Å²) >= 11 is 7.68. The maximum Gasteiger partial charge on any atom is 0.338 e. The highest BCUT2D eigenvalue weighted by molar-refractivity contribution is 7.18. The molecular formula is C21H18ClN3O5S. The number of thiazole rings is 1. The molecule has 1 saturated heterocycles. The molecule has 4 rings (SSSR count). The molecule has 0 bridgehead atoms. The molecule has 0 spiro atoms. The van der Waals surface area contributed by atoms with E-state index in [9.17, 15) is 19.7 Å². The van der Waals surface area contributed by atoms with Gasteiger partial charge in [-0.3, -0.25) is 14.9 Å². The highest BCUT2D eigenvalue weighted by Gasteiger charge is 2.28. The van der Waals surface area contributed by atoms with Crippen molar-refractivity contribution in [1.82, 2.24) is 9.88 Å². The van der Waals surface area contributed by atoms with Crippen LogP contribution >= 0.6 is 22.9 Å². The standard InChI is InChI=1S/C21H18ClN3O5S/c1-30-21(27)14-8-13(9-16(10-14)25(28)29)20(26)24-6-4-12(5-7-24)19-23-17-11-15(22)2-3-18(17)31-19/h2-3,8-12H,4-7H2,1H3. The van der Waals surface area contributed by atoms with Crippen LogP contribution in [0, 0.1) is 10.1 Å². The Morgan fingerprint density at radius 3 is 2.58 bits per heavy atom. The van der Waals surface area contributed by atoms with E-state index in [4.69, 9.17) is 16.6 Å². The van der Waals surface area contributed by atoms with E-state index in [-0.39, 0.29) is 28.6 Å². The number of hydrogen-bond acceptors (Lipinski definition) is 7. The van der Waals surface area contributed by atoms with Gasteiger partial charge in [0.2, 0.25) is 0 Å². The fourth-order valence-electron chi connectivity index (χ4n) is 3.68. The second-order valence-electron chi connectivity index (χ2n) is 7.25. The van der Waals surface area contributed by atoms with Crippen LogP contribution in [0.15, 0.2) is 36.4 Å². The molecule has 0 atom stereocenters. The summed E-state index contributed by atoms with van der Waals surface area (Å²) in [5, 5.41) is 12.9. The van der Waals surface area contributed by atoms with Gasteiger partial charge in [-0.1, -0.05) is 11.6 Å². The molecule has 0 radical (unpaired) electrons. The number of nitro groups is 1. The molecule has 8 nitrogen and oxygen atoms in total. The Hall–Kier alpha value is -3.04. The molecule has 0 aliphatic carbocycles. The second-order valence-corrected chi connectivity index (χ2v) is 8.75. The first-order valence-electron chi connectivity index (χ1n) is 9.59. The molecule has 2 heterocycles. The van der Waals surface area contributed by atoms with Crippen LogP contribution in [-0.4, -0.2) is 46.9 Å². The third-order valence-electron chi connectivity index (χ3n) is 5.29. The molecule has 160 valence electrons. The first kappa shape index (κ1) is 21.2. The number of carbonyl (C=O) groups is 2. The van der Waals surface area contributed by atoms with Gasteiger partial charge in [-0.25, -0.2) is 9.78 Å². The summed E-state index contributed by atoms with van der Waals surface area (Å²) in [6.45, 7) is 0.993. The smallest absolute Gasteiger partial charge is 0.338 e. The number of benzene rings is 2. The zero-order valence-corrected chi connectivity index (χ0v) is 18.1. The second kappa shape index (κ2) is 8.60. The van der Waals surface area contributed by atoms with Crippen molar-refractivity contribution in [3.05, 3.63) is 67.7 Å². The van der Waals surface area contributed by atoms with Crippen molar-refractivity contribution in [2.45, 2.75) is 18.8 Å². The minimum absolute atomic E-state index is 0.0249. The van der Waals surface area contributed by atoms with Gasteiger partial charge in [-0.15, -0.1) is 11.3 Å². The van der Waals surface area contributed by atoms with Gasteiger partial charge in [0.1, 0.15) is 0 Å². The number of aromatic nitrogens is 1. The Kier molecular flexibility index (Phi) is 5.88. The number of nitro benzene ring substituents is 1. The molecule has 3 aromatic rings. The number of nitrogens with zero attached hydrogens (tertiary/aromatic N) is 3. The van der Waals surface area contributed by atoms with Crippen molar-refractivity contribution in [2.24, 2.45) is 0 Å². The lowest BCUT2D eigenvalue weighted by atomic mass is 9.96. The van der Waals surface area contributed by atoms with E-state index in [1.54, 1.807) is 16.2 Å². The predicted molar refractivity (Wildman–Crippen MR) is 117 cm³/mol. The number of amides is 1. The van der Waals surface area contributed by atoms with Gasteiger partial charge in [0.05, 0.1) is 32.8 Å². The van der Waals surface area contributed by atoms with Crippen molar-refractivity contribution in [3.8, 4) is 0 Å². The molecule has 10 heteroatoms. The van der Waals surface area contributed by atoms with Crippen molar-refractivity contribution >= 4 is 50.7 Å². The fourth-order valence-corrected chi connectivity index (χ4v) is 4.96. The van der Waals surface area contributed by atoms with E-state index in [2.05, 4.69) is 4.74 Å². The molecule has 2 aromatic carbocycles. The van der Waals surface area contributed by atoms with Crippen molar-refractivity contribution in [1.29, 1.82) is 0 Å². The Labute approximate surface area is 186 Å². The minimum atomic E-state index is -0.729. The molecule has 0 unspecified atom stereocenters. The lowest BCUT2D eigenvalue weighted by molar-refractivity contribution is -0.384. The SMILES string of the molecule is COC(=O)c1cc(C(=O)N2CCC(c3nc4cc(Cl)ccc4s3)CC2)cc([N+](=O)[O-])c1. The summed E-state index contributed by atoms with van der Waals surface area (Å²) in [4.78, 5) is 41.8. The summed E-state index contributed by atoms with van der Waals surface area (Å²) in [6.07, 6.45) is 1.47. The minimum Gasteiger partial charge on any atom is -0.465 e. The third-order valence-corrected chi connectivity index (χ3v) is 6.73. The van der Waals surface area contributed by atoms with Crippen LogP contribution in [0.25, 0.3) is 10.2 Å². The summed E-state index contributed by atoms with van der Waals surface area (Å²) in [5.41, 5.74) is 0.623. The lowest BCUT2D eigenvalue weighted by Crippen LogP contribution is -2.38. The van der Waals surface area contributed by atoms with Gasteiger partial charge < -0.3 is 9.64 Å². The molecule has 1 fully saturated rings. The summed E-state index contributed by atoms with van der Waals surface area (Å²) in [7, 11) is 1.18. The number of fused-ring (bicyclic) bond motifs is 1. The molecule has 0 saturated carbocycles. The fraction of sp³-hybridized carbons (Fsp3) is 0.286. The van der Waals surface area contributed by atoms with Crippen LogP contribution in [0.3, 0.4) is 0 Å². The van der Waals surface area contributed by atoms with Gasteiger partial charge in [0.15, 0.2) is 0 Å². The van der Waals surface area contributed by atoms with Crippen LogP contribution in [0.1, 0.15) is 44.5 Å². The van der Waals surface area contributed by atoms with E-state index in [0.29, 0.717) is 18.1 Å². The Balaban J connectivity index is 1.50. The first-order valence-corrected chi connectivity index (χ1v) is 10.8. The van der Waals surface area contributed by atoms with E-state index in [0.717, 1.165) is 34.1 Å². The number of likely N-dealkylation sites (tertiary alicyclic amines) is 1. The number of rotatable bonds is 4. The summed E-state index contributed by atoms with van der Waals surface area (Å²) < 4.78 is 5.72. The predicted octanol–water partition coefficient (Wildman–Crippen LogP) is 4.66. The summed E-state index contributed by atoms with van der Waals surface area (Å²) in [6, 6.07) is 9.28. The van der Waals surface area contributed by atoms with Crippen LogP contribution < -0.4 is 0 Å². The third kappa shape index (κ3) is 4.38. The quantitative estimate of drug-likeness (QED) is 0.319. The first-order chi connectivity index (χ1) is 14.9. The molecule has 0 N–H and O–H groups in total. The maximum absolute atomic E-state index is 13.0. The van der Waals surface area contributed by atoms with Gasteiger partial charge >= 0.3 is 5.97 Å². The van der Waals surface area contributed by atoms with Crippen LogP contribution in [0.2, 0.25) is 5.02 Å². The van der Waals surface area contributed by atoms with Crippen LogP contribution in [-0.2, 0) is 4.74 Å². The number of non-ortho nitro benzene ring substituents is 1. The zero-order chi connectivity index (χ0) is 22.1. The number of carbonyl (C=O) groups excluding carboxylic acids is 2. The van der Waals surface area contributed by atoms with Crippen LogP contribution in [0.4, 0.5) is 5.69 Å². The number of piperidine rings is 1. The molecule has 1 aliphatic rings. The van der Waals surface area contributed by atoms with Gasteiger partial charge in [-0.05, 0) is 37.1 Å². The number of halogens is 1. The molecule has 1 aromatic heterocycles. The van der Waals surface area contributed by atoms with E-state index in [1.807, 2.05) is 18.2 Å². The highest BCUT2D eigenvalue weighted by atomic mass is 35.5. The van der Waals surface area contributed by atoms with E-state index < -0.39 is 10.9 Å². The van der Waals surface area contributed by atoms with Crippen LogP contribution in [0.5, 0.6) is 0 Å². The molecule has 1 aliphatic heterocycles. The Morgan fingerprint density at radius 1 is 1.19 bits per heavy atom. The monoisotopic (exact) mass is 459 g/mol.